The van der Waals surface area contributed by atoms with Crippen LogP contribution in [0.25, 0.3) is 10.6 Å². The fourth-order valence-corrected chi connectivity index (χ4v) is 5.48. The third-order valence-electron chi connectivity index (χ3n) is 6.75. The van der Waals surface area contributed by atoms with Crippen LogP contribution in [-0.2, 0) is 4.79 Å². The van der Waals surface area contributed by atoms with Gasteiger partial charge >= 0.3 is 0 Å². The Hall–Kier alpha value is -3.26. The zero-order valence-electron chi connectivity index (χ0n) is 19.4. The summed E-state index contributed by atoms with van der Waals surface area (Å²) >= 11 is 1.65. The number of nitrogens with zero attached hydrogens (tertiary/aromatic N) is 5. The Bertz CT molecular complexity index is 1120. The second kappa shape index (κ2) is 9.93. The quantitative estimate of drug-likeness (QED) is 0.520. The molecule has 0 bridgehead atoms. The SMILES string of the molecule is CC(=O)c1ccc(N2CCN(C(=O)C3CCCN(c4ccc(-c5cccs5)nn4)C3)CC2)cc1. The maximum absolute atomic E-state index is 13.3. The molecule has 1 amide bonds. The highest BCUT2D eigenvalue weighted by atomic mass is 32.1. The number of benzene rings is 1. The average Bonchev–Trinajstić information content (AvgIpc) is 3.44. The number of piperidine rings is 1. The zero-order chi connectivity index (χ0) is 23.5. The van der Waals surface area contributed by atoms with Gasteiger partial charge in [-0.2, -0.15) is 0 Å². The summed E-state index contributed by atoms with van der Waals surface area (Å²) in [7, 11) is 0. The van der Waals surface area contributed by atoms with Crippen LogP contribution in [0.1, 0.15) is 30.1 Å². The van der Waals surface area contributed by atoms with Crippen molar-refractivity contribution >= 4 is 34.5 Å². The van der Waals surface area contributed by atoms with E-state index < -0.39 is 0 Å². The minimum absolute atomic E-state index is 0.00563. The van der Waals surface area contributed by atoms with Gasteiger partial charge in [0.2, 0.25) is 5.91 Å². The summed E-state index contributed by atoms with van der Waals surface area (Å²) < 4.78 is 0. The Morgan fingerprint density at radius 1 is 0.912 bits per heavy atom. The normalized spacial score (nSPS) is 18.7. The van der Waals surface area contributed by atoms with Crippen molar-refractivity contribution in [2.24, 2.45) is 5.92 Å². The molecule has 176 valence electrons. The molecule has 34 heavy (non-hydrogen) atoms. The first kappa shape index (κ1) is 22.5. The van der Waals surface area contributed by atoms with E-state index >= 15 is 0 Å². The highest BCUT2D eigenvalue weighted by Gasteiger charge is 2.31. The smallest absolute Gasteiger partial charge is 0.227 e. The topological polar surface area (TPSA) is 69.6 Å². The van der Waals surface area contributed by atoms with Crippen molar-refractivity contribution in [2.45, 2.75) is 19.8 Å². The summed E-state index contributed by atoms with van der Waals surface area (Å²) in [6.07, 6.45) is 1.90. The lowest BCUT2D eigenvalue weighted by molar-refractivity contribution is -0.136. The van der Waals surface area contributed by atoms with E-state index in [1.807, 2.05) is 58.8 Å². The van der Waals surface area contributed by atoms with Gasteiger partial charge in [-0.3, -0.25) is 9.59 Å². The number of carbonyl (C=O) groups is 2. The van der Waals surface area contributed by atoms with Gasteiger partial charge in [-0.05, 0) is 67.6 Å². The van der Waals surface area contributed by atoms with Gasteiger partial charge in [0.1, 0.15) is 5.69 Å². The lowest BCUT2D eigenvalue weighted by atomic mass is 9.96. The maximum atomic E-state index is 13.3. The van der Waals surface area contributed by atoms with E-state index in [2.05, 4.69) is 20.0 Å². The van der Waals surface area contributed by atoms with Crippen LogP contribution in [0, 0.1) is 5.92 Å². The fourth-order valence-electron chi connectivity index (χ4n) is 4.79. The zero-order valence-corrected chi connectivity index (χ0v) is 20.2. The van der Waals surface area contributed by atoms with Crippen molar-refractivity contribution in [1.29, 1.82) is 0 Å². The molecular formula is C26H29N5O2S. The first-order chi connectivity index (χ1) is 16.6. The monoisotopic (exact) mass is 475 g/mol. The van der Waals surface area contributed by atoms with Crippen molar-refractivity contribution in [3.05, 3.63) is 59.5 Å². The first-order valence-electron chi connectivity index (χ1n) is 11.9. The molecule has 1 atom stereocenters. The summed E-state index contributed by atoms with van der Waals surface area (Å²) in [5, 5.41) is 10.9. The van der Waals surface area contributed by atoms with Gasteiger partial charge in [0.15, 0.2) is 11.6 Å². The number of anilines is 2. The number of carbonyl (C=O) groups excluding carboxylic acids is 2. The molecule has 0 aliphatic carbocycles. The largest absolute Gasteiger partial charge is 0.368 e. The fraction of sp³-hybridized carbons (Fsp3) is 0.385. The third kappa shape index (κ3) is 4.82. The van der Waals surface area contributed by atoms with Gasteiger partial charge in [-0.1, -0.05) is 6.07 Å². The van der Waals surface area contributed by atoms with Gasteiger partial charge in [-0.15, -0.1) is 21.5 Å². The standard InChI is InChI=1S/C26H29N5O2S/c1-19(32)20-6-8-22(9-7-20)29-13-15-30(16-14-29)26(33)21-4-2-12-31(18-21)25-11-10-23(27-28-25)24-5-3-17-34-24/h3,5-11,17,21H,2,4,12-16,18H2,1H3. The molecule has 1 aromatic carbocycles. The van der Waals surface area contributed by atoms with E-state index in [0.29, 0.717) is 6.54 Å². The van der Waals surface area contributed by atoms with Gasteiger partial charge in [0, 0.05) is 50.5 Å². The van der Waals surface area contributed by atoms with Crippen LogP contribution in [0.3, 0.4) is 0 Å². The van der Waals surface area contributed by atoms with Crippen LogP contribution in [-0.4, -0.2) is 66.1 Å². The lowest BCUT2D eigenvalue weighted by Crippen LogP contribution is -2.52. The summed E-state index contributed by atoms with van der Waals surface area (Å²) in [5.74, 6) is 1.16. The van der Waals surface area contributed by atoms with Crippen molar-refractivity contribution in [2.75, 3.05) is 49.1 Å². The molecule has 1 unspecified atom stereocenters. The lowest BCUT2D eigenvalue weighted by Gasteiger charge is -2.40. The van der Waals surface area contributed by atoms with Gasteiger partial charge < -0.3 is 14.7 Å². The second-order valence-corrected chi connectivity index (χ2v) is 9.90. The highest BCUT2D eigenvalue weighted by Crippen LogP contribution is 2.27. The third-order valence-corrected chi connectivity index (χ3v) is 7.64. The summed E-state index contributed by atoms with van der Waals surface area (Å²) in [6.45, 7) is 6.23. The molecule has 2 aliphatic rings. The van der Waals surface area contributed by atoms with E-state index in [9.17, 15) is 9.59 Å². The Kier molecular flexibility index (Phi) is 6.58. The van der Waals surface area contributed by atoms with E-state index in [4.69, 9.17) is 0 Å². The van der Waals surface area contributed by atoms with Gasteiger partial charge in [0.25, 0.3) is 0 Å². The van der Waals surface area contributed by atoms with Crippen molar-refractivity contribution in [1.82, 2.24) is 15.1 Å². The summed E-state index contributed by atoms with van der Waals surface area (Å²) in [5.41, 5.74) is 2.72. The van der Waals surface area contributed by atoms with Crippen molar-refractivity contribution in [3.63, 3.8) is 0 Å². The molecule has 4 heterocycles. The van der Waals surface area contributed by atoms with Crippen LogP contribution in [0.15, 0.2) is 53.9 Å². The molecule has 2 aliphatic heterocycles. The summed E-state index contributed by atoms with van der Waals surface area (Å²) in [4.78, 5) is 32.4. The van der Waals surface area contributed by atoms with E-state index in [1.54, 1.807) is 18.3 Å². The van der Waals surface area contributed by atoms with Gasteiger partial charge in [0.05, 0.1) is 10.8 Å². The number of amides is 1. The number of Topliss-reactive ketones (excluding diaryl/α,β-unsaturated/α-hetero) is 1. The number of thiophene rings is 1. The number of aromatic nitrogens is 2. The van der Waals surface area contributed by atoms with Crippen LogP contribution in [0.5, 0.6) is 0 Å². The number of hydrogen-bond acceptors (Lipinski definition) is 7. The number of piperazine rings is 1. The summed E-state index contributed by atoms with van der Waals surface area (Å²) in [6, 6.07) is 15.8. The molecule has 2 aromatic heterocycles. The van der Waals surface area contributed by atoms with Crippen LogP contribution in [0.4, 0.5) is 11.5 Å². The molecule has 2 fully saturated rings. The Morgan fingerprint density at radius 3 is 2.35 bits per heavy atom. The van der Waals surface area contributed by atoms with Crippen molar-refractivity contribution < 1.29 is 9.59 Å². The molecule has 0 N–H and O–H groups in total. The molecule has 0 spiro atoms. The van der Waals surface area contributed by atoms with E-state index in [0.717, 1.165) is 73.2 Å². The minimum atomic E-state index is -0.00563. The van der Waals surface area contributed by atoms with E-state index in [-0.39, 0.29) is 17.6 Å². The molecular weight excluding hydrogens is 446 g/mol. The van der Waals surface area contributed by atoms with Crippen LogP contribution < -0.4 is 9.80 Å². The van der Waals surface area contributed by atoms with E-state index in [1.165, 1.54) is 0 Å². The molecule has 0 saturated carbocycles. The highest BCUT2D eigenvalue weighted by molar-refractivity contribution is 7.13. The molecule has 0 radical (unpaired) electrons. The first-order valence-corrected chi connectivity index (χ1v) is 12.7. The predicted octanol–water partition coefficient (Wildman–Crippen LogP) is 3.97. The Balaban J connectivity index is 1.17. The number of rotatable bonds is 5. The average molecular weight is 476 g/mol. The molecule has 5 rings (SSSR count). The number of ketones is 1. The van der Waals surface area contributed by atoms with Crippen LogP contribution >= 0.6 is 11.3 Å². The minimum Gasteiger partial charge on any atom is -0.368 e. The molecule has 7 nitrogen and oxygen atoms in total. The second-order valence-electron chi connectivity index (χ2n) is 8.95. The van der Waals surface area contributed by atoms with Crippen molar-refractivity contribution in [3.8, 4) is 10.6 Å². The molecule has 2 saturated heterocycles. The Morgan fingerprint density at radius 2 is 1.71 bits per heavy atom. The van der Waals surface area contributed by atoms with Gasteiger partial charge in [-0.25, -0.2) is 0 Å². The Labute approximate surface area is 204 Å². The maximum Gasteiger partial charge on any atom is 0.227 e. The predicted molar refractivity (Wildman–Crippen MR) is 136 cm³/mol. The van der Waals surface area contributed by atoms with Crippen LogP contribution in [0.2, 0.25) is 0 Å². The number of hydrogen-bond donors (Lipinski definition) is 0. The molecule has 8 heteroatoms. The molecule has 3 aromatic rings.